The maximum atomic E-state index is 12.0. The Morgan fingerprint density at radius 2 is 1.68 bits per heavy atom. The summed E-state index contributed by atoms with van der Waals surface area (Å²) < 4.78 is 10.3. The highest BCUT2D eigenvalue weighted by atomic mass is 16.5. The van der Waals surface area contributed by atoms with E-state index >= 15 is 0 Å². The number of methoxy groups -OCH3 is 1. The van der Waals surface area contributed by atoms with Gasteiger partial charge in [0.05, 0.1) is 12.7 Å². The number of hydrogen-bond donors (Lipinski definition) is 0. The quantitative estimate of drug-likeness (QED) is 0.618. The SMILES string of the molecule is C=Cc1ccccc1C(=O)Oc1ccc(OC)cc1. The highest BCUT2D eigenvalue weighted by molar-refractivity contribution is 5.94. The summed E-state index contributed by atoms with van der Waals surface area (Å²) in [4.78, 5) is 12.0. The molecule has 19 heavy (non-hydrogen) atoms. The summed E-state index contributed by atoms with van der Waals surface area (Å²) in [6, 6.07) is 14.0. The van der Waals surface area contributed by atoms with Crippen LogP contribution in [0, 0.1) is 0 Å². The van der Waals surface area contributed by atoms with Crippen molar-refractivity contribution in [3.05, 3.63) is 66.2 Å². The number of carbonyl (C=O) groups excluding carboxylic acids is 1. The molecule has 0 bridgehead atoms. The number of rotatable bonds is 4. The molecule has 3 heteroatoms. The molecule has 2 aromatic carbocycles. The second-order valence-corrected chi connectivity index (χ2v) is 3.86. The summed E-state index contributed by atoms with van der Waals surface area (Å²) >= 11 is 0. The number of ether oxygens (including phenoxy) is 2. The average Bonchev–Trinajstić information content (AvgIpc) is 2.48. The van der Waals surface area contributed by atoms with Crippen molar-refractivity contribution in [1.82, 2.24) is 0 Å². The molecule has 2 aromatic rings. The van der Waals surface area contributed by atoms with Crippen LogP contribution in [0.25, 0.3) is 6.08 Å². The fourth-order valence-electron chi connectivity index (χ4n) is 1.67. The molecular formula is C16H14O3. The van der Waals surface area contributed by atoms with Gasteiger partial charge in [0, 0.05) is 0 Å². The first-order valence-corrected chi connectivity index (χ1v) is 5.82. The Kier molecular flexibility index (Phi) is 3.98. The number of benzene rings is 2. The minimum absolute atomic E-state index is 0.402. The van der Waals surface area contributed by atoms with Crippen molar-refractivity contribution < 1.29 is 14.3 Å². The van der Waals surface area contributed by atoms with Crippen molar-refractivity contribution in [2.45, 2.75) is 0 Å². The van der Waals surface area contributed by atoms with E-state index < -0.39 is 5.97 Å². The van der Waals surface area contributed by atoms with Crippen LogP contribution in [0.2, 0.25) is 0 Å². The number of hydrogen-bond acceptors (Lipinski definition) is 3. The van der Waals surface area contributed by atoms with Gasteiger partial charge in [-0.3, -0.25) is 0 Å². The molecule has 0 unspecified atom stereocenters. The lowest BCUT2D eigenvalue weighted by Crippen LogP contribution is -2.09. The number of carbonyl (C=O) groups is 1. The van der Waals surface area contributed by atoms with Crippen molar-refractivity contribution >= 4 is 12.0 Å². The van der Waals surface area contributed by atoms with Gasteiger partial charge in [0.1, 0.15) is 11.5 Å². The van der Waals surface area contributed by atoms with Gasteiger partial charge in [-0.2, -0.15) is 0 Å². The van der Waals surface area contributed by atoms with Crippen LogP contribution in [0.4, 0.5) is 0 Å². The Morgan fingerprint density at radius 1 is 1.05 bits per heavy atom. The highest BCUT2D eigenvalue weighted by Gasteiger charge is 2.11. The maximum absolute atomic E-state index is 12.0. The van der Waals surface area contributed by atoms with Gasteiger partial charge in [-0.05, 0) is 35.9 Å². The van der Waals surface area contributed by atoms with Crippen LogP contribution in [0.15, 0.2) is 55.1 Å². The minimum Gasteiger partial charge on any atom is -0.497 e. The molecular weight excluding hydrogens is 240 g/mol. The largest absolute Gasteiger partial charge is 0.497 e. The molecule has 0 fully saturated rings. The zero-order valence-electron chi connectivity index (χ0n) is 10.6. The molecule has 0 aliphatic rings. The third kappa shape index (κ3) is 3.01. The standard InChI is InChI=1S/C16H14O3/c1-3-12-6-4-5-7-15(12)16(17)19-14-10-8-13(18-2)9-11-14/h3-11H,1H2,2H3. The lowest BCUT2D eigenvalue weighted by molar-refractivity contribution is 0.0734. The molecule has 0 saturated heterocycles. The zero-order chi connectivity index (χ0) is 13.7. The molecule has 0 aliphatic heterocycles. The van der Waals surface area contributed by atoms with E-state index in [9.17, 15) is 4.79 Å². The summed E-state index contributed by atoms with van der Waals surface area (Å²) in [6.45, 7) is 3.68. The Balaban J connectivity index is 2.18. The van der Waals surface area contributed by atoms with E-state index in [0.29, 0.717) is 17.1 Å². The van der Waals surface area contributed by atoms with Gasteiger partial charge in [-0.25, -0.2) is 4.79 Å². The summed E-state index contributed by atoms with van der Waals surface area (Å²) in [5.41, 5.74) is 1.24. The van der Waals surface area contributed by atoms with E-state index in [2.05, 4.69) is 6.58 Å². The fourth-order valence-corrected chi connectivity index (χ4v) is 1.67. The second kappa shape index (κ2) is 5.87. The topological polar surface area (TPSA) is 35.5 Å². The first-order chi connectivity index (χ1) is 9.24. The molecule has 2 rings (SSSR count). The van der Waals surface area contributed by atoms with Gasteiger partial charge in [0.15, 0.2) is 0 Å². The van der Waals surface area contributed by atoms with Crippen molar-refractivity contribution in [3.63, 3.8) is 0 Å². The van der Waals surface area contributed by atoms with Gasteiger partial charge in [-0.15, -0.1) is 0 Å². The average molecular weight is 254 g/mol. The molecule has 0 aliphatic carbocycles. The second-order valence-electron chi connectivity index (χ2n) is 3.86. The molecule has 0 aromatic heterocycles. The fraction of sp³-hybridized carbons (Fsp3) is 0.0625. The predicted octanol–water partition coefficient (Wildman–Crippen LogP) is 3.56. The van der Waals surface area contributed by atoms with Crippen molar-refractivity contribution in [2.24, 2.45) is 0 Å². The van der Waals surface area contributed by atoms with Crippen LogP contribution in [-0.2, 0) is 0 Å². The van der Waals surface area contributed by atoms with Crippen LogP contribution in [-0.4, -0.2) is 13.1 Å². The highest BCUT2D eigenvalue weighted by Crippen LogP contribution is 2.19. The molecule has 0 saturated carbocycles. The Labute approximate surface area is 112 Å². The summed E-state index contributed by atoms with van der Waals surface area (Å²) in [7, 11) is 1.58. The smallest absolute Gasteiger partial charge is 0.344 e. The van der Waals surface area contributed by atoms with Crippen molar-refractivity contribution in [2.75, 3.05) is 7.11 Å². The van der Waals surface area contributed by atoms with Gasteiger partial charge >= 0.3 is 5.97 Å². The molecule has 0 spiro atoms. The van der Waals surface area contributed by atoms with E-state index in [1.165, 1.54) is 0 Å². The monoisotopic (exact) mass is 254 g/mol. The van der Waals surface area contributed by atoms with E-state index in [1.54, 1.807) is 49.6 Å². The van der Waals surface area contributed by atoms with E-state index in [0.717, 1.165) is 5.56 Å². The lowest BCUT2D eigenvalue weighted by Gasteiger charge is -2.07. The summed E-state index contributed by atoms with van der Waals surface area (Å²) in [6.07, 6.45) is 1.63. The maximum Gasteiger partial charge on any atom is 0.344 e. The van der Waals surface area contributed by atoms with E-state index in [4.69, 9.17) is 9.47 Å². The van der Waals surface area contributed by atoms with Crippen LogP contribution < -0.4 is 9.47 Å². The molecule has 0 heterocycles. The Morgan fingerprint density at radius 3 is 2.32 bits per heavy atom. The van der Waals surface area contributed by atoms with E-state index in [1.807, 2.05) is 12.1 Å². The number of esters is 1. The van der Waals surface area contributed by atoms with Gasteiger partial charge < -0.3 is 9.47 Å². The predicted molar refractivity (Wildman–Crippen MR) is 74.5 cm³/mol. The van der Waals surface area contributed by atoms with Gasteiger partial charge in [0.25, 0.3) is 0 Å². The van der Waals surface area contributed by atoms with Crippen molar-refractivity contribution in [1.29, 1.82) is 0 Å². The van der Waals surface area contributed by atoms with Crippen molar-refractivity contribution in [3.8, 4) is 11.5 Å². The molecule has 0 amide bonds. The normalized spacial score (nSPS) is 9.74. The Bertz CT molecular complexity index is 585. The third-order valence-corrected chi connectivity index (χ3v) is 2.67. The molecule has 0 atom stereocenters. The molecule has 96 valence electrons. The Hall–Kier alpha value is -2.55. The molecule has 0 N–H and O–H groups in total. The minimum atomic E-state index is -0.402. The van der Waals surface area contributed by atoms with Gasteiger partial charge in [0.2, 0.25) is 0 Å². The first kappa shape index (κ1) is 12.9. The van der Waals surface area contributed by atoms with Crippen LogP contribution in [0.1, 0.15) is 15.9 Å². The third-order valence-electron chi connectivity index (χ3n) is 2.67. The lowest BCUT2D eigenvalue weighted by atomic mass is 10.1. The van der Waals surface area contributed by atoms with Crippen LogP contribution in [0.3, 0.4) is 0 Å². The first-order valence-electron chi connectivity index (χ1n) is 5.82. The van der Waals surface area contributed by atoms with Crippen LogP contribution in [0.5, 0.6) is 11.5 Å². The zero-order valence-corrected chi connectivity index (χ0v) is 10.6. The molecule has 3 nitrogen and oxygen atoms in total. The van der Waals surface area contributed by atoms with Gasteiger partial charge in [-0.1, -0.05) is 30.9 Å². The summed E-state index contributed by atoms with van der Waals surface area (Å²) in [5.74, 6) is 0.789. The molecule has 0 radical (unpaired) electrons. The van der Waals surface area contributed by atoms with E-state index in [-0.39, 0.29) is 0 Å². The van der Waals surface area contributed by atoms with Crippen LogP contribution >= 0.6 is 0 Å². The summed E-state index contributed by atoms with van der Waals surface area (Å²) in [5, 5.41) is 0.